The summed E-state index contributed by atoms with van der Waals surface area (Å²) in [5.41, 5.74) is 9.21. The summed E-state index contributed by atoms with van der Waals surface area (Å²) in [4.78, 5) is 28.5. The van der Waals surface area contributed by atoms with Crippen molar-refractivity contribution in [3.63, 3.8) is 0 Å². The summed E-state index contributed by atoms with van der Waals surface area (Å²) in [5, 5.41) is 3.48. The van der Waals surface area contributed by atoms with Crippen LogP contribution in [0.25, 0.3) is 16.6 Å². The van der Waals surface area contributed by atoms with E-state index in [2.05, 4.69) is 48.7 Å². The number of ether oxygens (including phenoxy) is 1. The lowest BCUT2D eigenvalue weighted by molar-refractivity contribution is 0.166. The first-order valence-corrected chi connectivity index (χ1v) is 9.25. The van der Waals surface area contributed by atoms with Gasteiger partial charge in [0.25, 0.3) is 0 Å². The van der Waals surface area contributed by atoms with Crippen molar-refractivity contribution >= 4 is 22.7 Å². The largest absolute Gasteiger partial charge is 0.470 e. The van der Waals surface area contributed by atoms with Crippen LogP contribution in [0.3, 0.4) is 0 Å². The van der Waals surface area contributed by atoms with Crippen LogP contribution in [-0.4, -0.2) is 22.6 Å². The molecule has 0 N–H and O–H groups in total. The SMILES string of the molecule is C=C1C(COC(=O)N=O)=C(C)C=C2c3nc4ccc(C)cc4c(CC)c3CN12. The maximum atomic E-state index is 11.1. The normalized spacial score (nSPS) is 15.5. The Morgan fingerprint density at radius 1 is 1.36 bits per heavy atom. The van der Waals surface area contributed by atoms with Gasteiger partial charge in [0.1, 0.15) is 6.61 Å². The van der Waals surface area contributed by atoms with Gasteiger partial charge in [-0.1, -0.05) is 25.1 Å². The highest BCUT2D eigenvalue weighted by atomic mass is 16.6. The molecule has 0 unspecified atom stereocenters. The van der Waals surface area contributed by atoms with E-state index in [9.17, 15) is 9.70 Å². The molecule has 0 bridgehead atoms. The average Bonchev–Trinajstić information content (AvgIpc) is 3.04. The number of aromatic nitrogens is 1. The molecule has 0 saturated heterocycles. The molecule has 142 valence electrons. The van der Waals surface area contributed by atoms with E-state index in [0.29, 0.717) is 6.54 Å². The second-order valence-corrected chi connectivity index (χ2v) is 7.16. The third-order valence-corrected chi connectivity index (χ3v) is 5.48. The average molecular weight is 375 g/mol. The van der Waals surface area contributed by atoms with E-state index in [0.717, 1.165) is 40.2 Å². The summed E-state index contributed by atoms with van der Waals surface area (Å²) in [5.74, 6) is 0. The first-order chi connectivity index (χ1) is 13.4. The minimum Gasteiger partial charge on any atom is -0.441 e. The monoisotopic (exact) mass is 375 g/mol. The number of rotatable bonds is 3. The predicted octanol–water partition coefficient (Wildman–Crippen LogP) is 5.01. The third kappa shape index (κ3) is 2.72. The van der Waals surface area contributed by atoms with Crippen LogP contribution in [-0.2, 0) is 17.7 Å². The molecule has 1 aromatic heterocycles. The number of benzene rings is 1. The molecule has 2 aromatic rings. The number of nitroso groups, excluding NO2 is 1. The zero-order chi connectivity index (χ0) is 20.0. The fraction of sp³-hybridized carbons (Fsp3) is 0.273. The zero-order valence-electron chi connectivity index (χ0n) is 16.2. The lowest BCUT2D eigenvalue weighted by atomic mass is 9.97. The van der Waals surface area contributed by atoms with Crippen molar-refractivity contribution in [1.29, 1.82) is 0 Å². The van der Waals surface area contributed by atoms with Gasteiger partial charge in [0.15, 0.2) is 0 Å². The Kier molecular flexibility index (Phi) is 4.34. The van der Waals surface area contributed by atoms with Gasteiger partial charge < -0.3 is 9.64 Å². The van der Waals surface area contributed by atoms with Crippen molar-refractivity contribution in [1.82, 2.24) is 9.88 Å². The summed E-state index contributed by atoms with van der Waals surface area (Å²) in [6.45, 7) is 11.1. The lowest BCUT2D eigenvalue weighted by Crippen LogP contribution is -2.22. The molecule has 1 amide bonds. The second-order valence-electron chi connectivity index (χ2n) is 7.16. The standard InChI is InChI=1S/C22H21N3O3/c1-5-15-16-8-12(2)6-7-19(16)23-21-17(15)10-25-14(4)18(11-28-22(26)24-27)13(3)9-20(21)25/h6-9H,4-5,10-11H2,1-3H3. The molecule has 6 nitrogen and oxygen atoms in total. The van der Waals surface area contributed by atoms with Crippen LogP contribution in [0.1, 0.15) is 36.2 Å². The minimum absolute atomic E-state index is 0.0267. The Morgan fingerprint density at radius 2 is 2.14 bits per heavy atom. The van der Waals surface area contributed by atoms with Gasteiger partial charge in [-0.3, -0.25) is 0 Å². The number of carbonyl (C=O) groups is 1. The first kappa shape index (κ1) is 18.1. The Labute approximate surface area is 163 Å². The maximum absolute atomic E-state index is 11.1. The van der Waals surface area contributed by atoms with Crippen LogP contribution in [0.4, 0.5) is 4.79 Å². The number of aryl methyl sites for hydroxylation is 2. The van der Waals surface area contributed by atoms with E-state index in [4.69, 9.17) is 9.72 Å². The molecule has 0 atom stereocenters. The van der Waals surface area contributed by atoms with Crippen LogP contribution in [0.2, 0.25) is 0 Å². The summed E-state index contributed by atoms with van der Waals surface area (Å²) in [6, 6.07) is 6.36. The zero-order valence-corrected chi connectivity index (χ0v) is 16.2. The highest BCUT2D eigenvalue weighted by molar-refractivity contribution is 5.89. The lowest BCUT2D eigenvalue weighted by Gasteiger charge is -2.29. The second kappa shape index (κ2) is 6.71. The van der Waals surface area contributed by atoms with Crippen LogP contribution in [0.5, 0.6) is 0 Å². The highest BCUT2D eigenvalue weighted by Gasteiger charge is 2.34. The van der Waals surface area contributed by atoms with E-state index in [1.54, 1.807) is 0 Å². The van der Waals surface area contributed by atoms with E-state index < -0.39 is 6.09 Å². The van der Waals surface area contributed by atoms with E-state index in [1.807, 2.05) is 13.0 Å². The van der Waals surface area contributed by atoms with E-state index >= 15 is 0 Å². The molecular formula is C22H21N3O3. The van der Waals surface area contributed by atoms with Crippen LogP contribution in [0, 0.1) is 11.8 Å². The molecule has 4 rings (SSSR count). The van der Waals surface area contributed by atoms with Crippen molar-refractivity contribution in [2.24, 2.45) is 5.18 Å². The fourth-order valence-corrected chi connectivity index (χ4v) is 4.07. The smallest absolute Gasteiger partial charge is 0.441 e. The summed E-state index contributed by atoms with van der Waals surface area (Å²) in [7, 11) is 0. The summed E-state index contributed by atoms with van der Waals surface area (Å²) >= 11 is 0. The third-order valence-electron chi connectivity index (χ3n) is 5.48. The molecule has 28 heavy (non-hydrogen) atoms. The van der Waals surface area contributed by atoms with Crippen molar-refractivity contribution in [2.45, 2.75) is 33.7 Å². The molecule has 0 aliphatic carbocycles. The topological polar surface area (TPSA) is 71.9 Å². The van der Waals surface area contributed by atoms with Gasteiger partial charge in [0, 0.05) is 22.2 Å². The fourth-order valence-electron chi connectivity index (χ4n) is 4.07. The number of carbonyl (C=O) groups excluding carboxylic acids is 1. The minimum atomic E-state index is -1.12. The molecule has 3 heterocycles. The first-order valence-electron chi connectivity index (χ1n) is 9.25. The van der Waals surface area contributed by atoms with Gasteiger partial charge in [-0.25, -0.2) is 9.78 Å². The van der Waals surface area contributed by atoms with Gasteiger partial charge in [0.2, 0.25) is 0 Å². The van der Waals surface area contributed by atoms with E-state index in [-0.39, 0.29) is 6.61 Å². The Morgan fingerprint density at radius 3 is 2.86 bits per heavy atom. The Hall–Kier alpha value is -3.28. The Balaban J connectivity index is 1.82. The number of amides is 1. The number of allylic oxidation sites excluding steroid dienone is 2. The van der Waals surface area contributed by atoms with E-state index in [1.165, 1.54) is 22.1 Å². The number of hydrogen-bond donors (Lipinski definition) is 0. The molecule has 0 saturated carbocycles. The van der Waals surface area contributed by atoms with Crippen molar-refractivity contribution in [3.05, 3.63) is 75.0 Å². The maximum Gasteiger partial charge on any atom is 0.470 e. The number of fused-ring (bicyclic) bond motifs is 4. The summed E-state index contributed by atoms with van der Waals surface area (Å²) in [6.07, 6.45) is 1.84. The predicted molar refractivity (Wildman–Crippen MR) is 108 cm³/mol. The number of hydrogen-bond acceptors (Lipinski definition) is 5. The van der Waals surface area contributed by atoms with Crippen molar-refractivity contribution < 1.29 is 9.53 Å². The van der Waals surface area contributed by atoms with Gasteiger partial charge >= 0.3 is 6.09 Å². The van der Waals surface area contributed by atoms with Crippen molar-refractivity contribution in [3.8, 4) is 0 Å². The van der Waals surface area contributed by atoms with Gasteiger partial charge in [-0.15, -0.1) is 4.91 Å². The van der Waals surface area contributed by atoms with Gasteiger partial charge in [0.05, 0.1) is 28.6 Å². The molecule has 2 aliphatic heterocycles. The number of pyridine rings is 1. The molecule has 0 spiro atoms. The molecule has 2 aliphatic rings. The van der Waals surface area contributed by atoms with Gasteiger partial charge in [-0.2, -0.15) is 0 Å². The Bertz CT molecular complexity index is 1110. The summed E-state index contributed by atoms with van der Waals surface area (Å²) < 4.78 is 4.91. The quantitative estimate of drug-likeness (QED) is 0.705. The molecule has 1 aromatic carbocycles. The molecule has 6 heteroatoms. The molecular weight excluding hydrogens is 354 g/mol. The van der Waals surface area contributed by atoms with Crippen LogP contribution in [0.15, 0.2) is 52.9 Å². The number of nitrogens with zero attached hydrogens (tertiary/aromatic N) is 3. The highest BCUT2D eigenvalue weighted by Crippen LogP contribution is 2.43. The van der Waals surface area contributed by atoms with Crippen LogP contribution < -0.4 is 0 Å². The van der Waals surface area contributed by atoms with Gasteiger partial charge in [-0.05, 0) is 49.6 Å². The van der Waals surface area contributed by atoms with Crippen molar-refractivity contribution in [2.75, 3.05) is 6.61 Å². The molecule has 0 fully saturated rings. The van der Waals surface area contributed by atoms with Crippen LogP contribution >= 0.6 is 0 Å². The molecule has 0 radical (unpaired) electrons.